The summed E-state index contributed by atoms with van der Waals surface area (Å²) in [6.07, 6.45) is 1.89. The minimum absolute atomic E-state index is 0.298. The number of amides is 5. The number of carbonyl (C=O) groups is 4. The second kappa shape index (κ2) is 14.5. The van der Waals surface area contributed by atoms with Crippen LogP contribution >= 0.6 is 45.3 Å². The number of thiophene rings is 4. The van der Waals surface area contributed by atoms with Crippen molar-refractivity contribution in [1.82, 2.24) is 19.8 Å². The highest BCUT2D eigenvalue weighted by atomic mass is 32.1. The van der Waals surface area contributed by atoms with Crippen LogP contribution in [0.5, 0.6) is 0 Å². The number of hydrogen-bond acceptors (Lipinski definition) is 10. The Balaban J connectivity index is 1.06. The maximum Gasteiger partial charge on any atom is 0.328 e. The van der Waals surface area contributed by atoms with Gasteiger partial charge in [0, 0.05) is 22.6 Å². The monoisotopic (exact) mass is 752 g/mol. The lowest BCUT2D eigenvalue weighted by Crippen LogP contribution is -2.44. The number of imide groups is 1. The summed E-state index contributed by atoms with van der Waals surface area (Å²) in [5.74, 6) is -1.34. The van der Waals surface area contributed by atoms with Crippen LogP contribution in [0.1, 0.15) is 56.4 Å². The lowest BCUT2D eigenvalue weighted by molar-refractivity contribution is -0.139. The number of hydrazone groups is 2. The maximum absolute atomic E-state index is 14.2. The number of carbonyl (C=O) groups excluding carboxylic acids is 4. The highest BCUT2D eigenvalue weighted by molar-refractivity contribution is 7.12. The molecule has 8 rings (SSSR count). The normalized spacial score (nSPS) is 20.4. The smallest absolute Gasteiger partial charge is 0.303 e. The number of urea groups is 1. The Morgan fingerprint density at radius 2 is 1.18 bits per heavy atom. The summed E-state index contributed by atoms with van der Waals surface area (Å²) in [7, 11) is 0. The minimum atomic E-state index is -0.921. The van der Waals surface area contributed by atoms with Gasteiger partial charge in [-0.2, -0.15) is 10.2 Å². The molecule has 0 spiro atoms. The molecule has 0 saturated carbocycles. The van der Waals surface area contributed by atoms with E-state index in [-0.39, 0.29) is 24.5 Å². The second-order valence-corrected chi connectivity index (χ2v) is 16.2. The molecule has 0 radical (unpaired) electrons. The topological polar surface area (TPSA) is 106 Å². The first-order valence-corrected chi connectivity index (χ1v) is 20.1. The van der Waals surface area contributed by atoms with Crippen molar-refractivity contribution in [1.29, 1.82) is 0 Å². The molecule has 5 aromatic rings. The fourth-order valence-electron chi connectivity index (χ4n) is 6.74. The zero-order valence-electron chi connectivity index (χ0n) is 27.2. The SMILES string of the molecule is O=C1[C@H](CCc2ccccc2)N(CC(=O)N2N=C(c3cccs3)C[C@H]2c2cccs2)C(=O)N1CC(=O)N1N=C(c2cccs2)C[C@@H]1c1cccs1. The van der Waals surface area contributed by atoms with Gasteiger partial charge in [0.05, 0.1) is 33.3 Å². The summed E-state index contributed by atoms with van der Waals surface area (Å²) < 4.78 is 0. The van der Waals surface area contributed by atoms with Crippen molar-refractivity contribution in [3.63, 3.8) is 0 Å². The molecule has 0 aliphatic carbocycles. The molecule has 1 fully saturated rings. The molecule has 4 aromatic heterocycles. The maximum atomic E-state index is 14.2. The fourth-order valence-corrected chi connectivity index (χ4v) is 9.81. The van der Waals surface area contributed by atoms with Crippen molar-refractivity contribution in [2.24, 2.45) is 10.2 Å². The Morgan fingerprint density at radius 3 is 1.69 bits per heavy atom. The van der Waals surface area contributed by atoms with Crippen molar-refractivity contribution in [3.05, 3.63) is 125 Å². The summed E-state index contributed by atoms with van der Waals surface area (Å²) in [5, 5.41) is 20.2. The Labute approximate surface area is 310 Å². The standard InChI is InChI=1S/C37H32N6O4S4/c44-34(42-28(32-12-6-18-50-32)20-25(38-42)30-10-4-16-48-30)22-40-27(15-14-24-8-2-1-3-9-24)36(46)41(37(40)47)23-35(45)43-29(33-13-7-19-51-33)21-26(39-43)31-11-5-17-49-31/h1-13,16-19,27-29H,14-15,20-23H2/t27-,28-,29+/m0/s1. The molecule has 14 heteroatoms. The van der Waals surface area contributed by atoms with Gasteiger partial charge in [-0.25, -0.2) is 14.8 Å². The average molecular weight is 753 g/mol. The average Bonchev–Trinajstić information content (AvgIpc) is 4.00. The van der Waals surface area contributed by atoms with Crippen LogP contribution in [0, 0.1) is 0 Å². The summed E-state index contributed by atoms with van der Waals surface area (Å²) in [4.78, 5) is 62.8. The molecule has 1 aromatic carbocycles. The van der Waals surface area contributed by atoms with E-state index < -0.39 is 30.4 Å². The lowest BCUT2D eigenvalue weighted by atomic mass is 10.0. The third-order valence-corrected chi connectivity index (χ3v) is 13.0. The Kier molecular flexibility index (Phi) is 9.47. The van der Waals surface area contributed by atoms with Crippen molar-refractivity contribution in [2.45, 2.75) is 43.8 Å². The number of rotatable bonds is 11. The molecule has 7 heterocycles. The van der Waals surface area contributed by atoms with Crippen LogP contribution in [0.3, 0.4) is 0 Å². The highest BCUT2D eigenvalue weighted by Gasteiger charge is 2.48. The molecule has 1 saturated heterocycles. The minimum Gasteiger partial charge on any atom is -0.303 e. The molecule has 258 valence electrons. The van der Waals surface area contributed by atoms with Crippen LogP contribution in [0.15, 0.2) is 111 Å². The zero-order valence-corrected chi connectivity index (χ0v) is 30.5. The molecule has 0 N–H and O–H groups in total. The van der Waals surface area contributed by atoms with Gasteiger partial charge in [0.1, 0.15) is 19.1 Å². The van der Waals surface area contributed by atoms with Crippen LogP contribution < -0.4 is 0 Å². The van der Waals surface area contributed by atoms with Gasteiger partial charge >= 0.3 is 6.03 Å². The predicted molar refractivity (Wildman–Crippen MR) is 201 cm³/mol. The molecule has 51 heavy (non-hydrogen) atoms. The van der Waals surface area contributed by atoms with E-state index in [4.69, 9.17) is 10.2 Å². The van der Waals surface area contributed by atoms with Crippen LogP contribution in [0.4, 0.5) is 4.79 Å². The summed E-state index contributed by atoms with van der Waals surface area (Å²) in [6.45, 7) is -0.824. The highest BCUT2D eigenvalue weighted by Crippen LogP contribution is 2.38. The number of hydrogen-bond donors (Lipinski definition) is 0. The van der Waals surface area contributed by atoms with Gasteiger partial charge in [-0.1, -0.05) is 54.6 Å². The van der Waals surface area contributed by atoms with Crippen LogP contribution in [-0.2, 0) is 20.8 Å². The molecular formula is C37H32N6O4S4. The number of benzene rings is 1. The van der Waals surface area contributed by atoms with E-state index in [1.807, 2.05) is 100 Å². The molecule has 0 unspecified atom stereocenters. The molecular weight excluding hydrogens is 721 g/mol. The van der Waals surface area contributed by atoms with E-state index in [0.717, 1.165) is 41.4 Å². The lowest BCUT2D eigenvalue weighted by Gasteiger charge is -2.26. The molecule has 3 atom stereocenters. The van der Waals surface area contributed by atoms with Crippen molar-refractivity contribution >= 4 is 80.5 Å². The van der Waals surface area contributed by atoms with E-state index in [1.165, 1.54) is 26.3 Å². The van der Waals surface area contributed by atoms with Gasteiger partial charge in [-0.15, -0.1) is 45.3 Å². The number of nitrogens with zero attached hydrogens (tertiary/aromatic N) is 6. The first-order valence-electron chi connectivity index (χ1n) is 16.5. The van der Waals surface area contributed by atoms with Gasteiger partial charge in [-0.05, 0) is 64.2 Å². The Bertz CT molecular complexity index is 2080. The fraction of sp³-hybridized carbons (Fsp3) is 0.243. The first-order chi connectivity index (χ1) is 24.9. The van der Waals surface area contributed by atoms with E-state index in [9.17, 15) is 19.2 Å². The van der Waals surface area contributed by atoms with E-state index in [2.05, 4.69) is 0 Å². The molecule has 3 aliphatic rings. The van der Waals surface area contributed by atoms with Gasteiger partial charge in [0.2, 0.25) is 0 Å². The van der Waals surface area contributed by atoms with E-state index >= 15 is 0 Å². The Morgan fingerprint density at radius 1 is 0.647 bits per heavy atom. The quantitative estimate of drug-likeness (QED) is 0.133. The predicted octanol–water partition coefficient (Wildman–Crippen LogP) is 7.25. The van der Waals surface area contributed by atoms with Crippen molar-refractivity contribution in [3.8, 4) is 0 Å². The van der Waals surface area contributed by atoms with Gasteiger partial charge < -0.3 is 4.90 Å². The zero-order chi connectivity index (χ0) is 34.9. The third kappa shape index (κ3) is 6.71. The van der Waals surface area contributed by atoms with E-state index in [1.54, 1.807) is 34.0 Å². The first kappa shape index (κ1) is 33.4. The molecule has 3 aliphatic heterocycles. The Hall–Kier alpha value is -4.76. The van der Waals surface area contributed by atoms with Crippen molar-refractivity contribution in [2.75, 3.05) is 13.1 Å². The second-order valence-electron chi connectivity index (χ2n) is 12.4. The molecule has 10 nitrogen and oxygen atoms in total. The van der Waals surface area contributed by atoms with Gasteiger partial charge in [0.15, 0.2) is 0 Å². The van der Waals surface area contributed by atoms with Crippen molar-refractivity contribution < 1.29 is 19.2 Å². The molecule has 0 bridgehead atoms. The largest absolute Gasteiger partial charge is 0.328 e. The van der Waals surface area contributed by atoms with Gasteiger partial charge in [-0.3, -0.25) is 19.3 Å². The van der Waals surface area contributed by atoms with Crippen LogP contribution in [0.25, 0.3) is 0 Å². The summed E-state index contributed by atoms with van der Waals surface area (Å²) >= 11 is 6.20. The summed E-state index contributed by atoms with van der Waals surface area (Å²) in [5.41, 5.74) is 2.60. The molecule has 5 amide bonds. The van der Waals surface area contributed by atoms with E-state index in [0.29, 0.717) is 25.7 Å². The number of aryl methyl sites for hydroxylation is 1. The third-order valence-electron chi connectivity index (χ3n) is 9.24. The van der Waals surface area contributed by atoms with Crippen LogP contribution in [-0.4, -0.2) is 74.1 Å². The van der Waals surface area contributed by atoms with Gasteiger partial charge in [0.25, 0.3) is 17.7 Å². The van der Waals surface area contributed by atoms with Crippen LogP contribution in [0.2, 0.25) is 0 Å². The summed E-state index contributed by atoms with van der Waals surface area (Å²) in [6, 6.07) is 23.1.